The highest BCUT2D eigenvalue weighted by molar-refractivity contribution is 7.80. The molecule has 32 heavy (non-hydrogen) atoms. The zero-order valence-electron chi connectivity index (χ0n) is 18.0. The Kier molecular flexibility index (Phi) is 6.77. The Morgan fingerprint density at radius 1 is 1.25 bits per heavy atom. The topological polar surface area (TPSA) is 59.4 Å². The Labute approximate surface area is 198 Å². The zero-order valence-corrected chi connectivity index (χ0v) is 19.6. The Balaban J connectivity index is 1.72. The predicted octanol–water partition coefficient (Wildman–Crippen LogP) is 4.76. The average molecular weight is 469 g/mol. The molecule has 0 amide bonds. The molecular weight excluding hydrogens is 444 g/mol. The summed E-state index contributed by atoms with van der Waals surface area (Å²) in [7, 11) is 1.41. The number of halogens is 1. The molecule has 1 N–H and O–H groups in total. The van der Waals surface area contributed by atoms with E-state index in [9.17, 15) is 4.79 Å². The molecule has 4 rings (SSSR count). The Bertz CT molecular complexity index is 1120. The summed E-state index contributed by atoms with van der Waals surface area (Å²) in [6.07, 6.45) is 4.81. The number of esters is 1. The van der Waals surface area contributed by atoms with Crippen LogP contribution in [-0.2, 0) is 9.53 Å². The molecule has 1 saturated heterocycles. The Morgan fingerprint density at radius 3 is 2.81 bits per heavy atom. The Hall–Kier alpha value is -2.90. The third-order valence-electron chi connectivity index (χ3n) is 5.71. The average Bonchev–Trinajstić information content (AvgIpc) is 3.40. The van der Waals surface area contributed by atoms with Gasteiger partial charge in [0.2, 0.25) is 0 Å². The van der Waals surface area contributed by atoms with Gasteiger partial charge in [-0.25, -0.2) is 0 Å². The van der Waals surface area contributed by atoms with Crippen LogP contribution >= 0.6 is 23.8 Å². The summed E-state index contributed by atoms with van der Waals surface area (Å²) in [5.74, 6) is -0.221. The lowest BCUT2D eigenvalue weighted by Gasteiger charge is -2.29. The van der Waals surface area contributed by atoms with Gasteiger partial charge in [-0.15, -0.1) is 0 Å². The van der Waals surface area contributed by atoms with Crippen molar-refractivity contribution in [3.05, 3.63) is 82.9 Å². The molecule has 1 aliphatic rings. The fraction of sp³-hybridized carbons (Fsp3) is 0.292. The van der Waals surface area contributed by atoms with Gasteiger partial charge in [0.1, 0.15) is 0 Å². The SMILES string of the molecule is COC(=O)CCCN1C(=S)N[C@H](c2ccccn2)[C@@H]1c1cccn1-c1ccc(Cl)c(C)c1. The molecule has 8 heteroatoms. The highest BCUT2D eigenvalue weighted by Crippen LogP contribution is 2.39. The molecule has 2 aromatic heterocycles. The number of hydrogen-bond acceptors (Lipinski definition) is 4. The smallest absolute Gasteiger partial charge is 0.305 e. The van der Waals surface area contributed by atoms with Crippen molar-refractivity contribution in [3.63, 3.8) is 0 Å². The fourth-order valence-corrected chi connectivity index (χ4v) is 4.56. The number of nitrogens with one attached hydrogen (secondary N) is 1. The number of aryl methyl sites for hydroxylation is 1. The predicted molar refractivity (Wildman–Crippen MR) is 129 cm³/mol. The maximum Gasteiger partial charge on any atom is 0.305 e. The number of nitrogens with zero attached hydrogens (tertiary/aromatic N) is 3. The van der Waals surface area contributed by atoms with Crippen LogP contribution in [0.1, 0.15) is 41.9 Å². The van der Waals surface area contributed by atoms with E-state index in [0.29, 0.717) is 24.5 Å². The van der Waals surface area contributed by atoms with E-state index in [2.05, 4.69) is 31.9 Å². The number of benzene rings is 1. The minimum Gasteiger partial charge on any atom is -0.469 e. The van der Waals surface area contributed by atoms with Crippen LogP contribution in [0.5, 0.6) is 0 Å². The van der Waals surface area contributed by atoms with Crippen molar-refractivity contribution in [2.75, 3.05) is 13.7 Å². The van der Waals surface area contributed by atoms with Crippen LogP contribution in [0.4, 0.5) is 0 Å². The van der Waals surface area contributed by atoms with Crippen molar-refractivity contribution in [2.24, 2.45) is 0 Å². The molecule has 1 fully saturated rings. The van der Waals surface area contributed by atoms with Gasteiger partial charge in [0.15, 0.2) is 5.11 Å². The first kappa shape index (κ1) is 22.3. The number of methoxy groups -OCH3 is 1. The third-order valence-corrected chi connectivity index (χ3v) is 6.48. The summed E-state index contributed by atoms with van der Waals surface area (Å²) < 4.78 is 6.96. The maximum absolute atomic E-state index is 11.6. The van der Waals surface area contributed by atoms with E-state index < -0.39 is 0 Å². The second-order valence-corrected chi connectivity index (χ2v) is 8.53. The maximum atomic E-state index is 11.6. The molecule has 166 valence electrons. The lowest BCUT2D eigenvalue weighted by atomic mass is 10.0. The van der Waals surface area contributed by atoms with Crippen molar-refractivity contribution in [1.82, 2.24) is 19.8 Å². The first-order chi connectivity index (χ1) is 15.5. The molecule has 0 saturated carbocycles. The van der Waals surface area contributed by atoms with E-state index in [1.165, 1.54) is 7.11 Å². The lowest BCUT2D eigenvalue weighted by molar-refractivity contribution is -0.140. The molecule has 0 spiro atoms. The second kappa shape index (κ2) is 9.71. The van der Waals surface area contributed by atoms with Gasteiger partial charge in [0.05, 0.1) is 24.9 Å². The quantitative estimate of drug-likeness (QED) is 0.398. The second-order valence-electron chi connectivity index (χ2n) is 7.74. The van der Waals surface area contributed by atoms with Crippen LogP contribution < -0.4 is 5.32 Å². The van der Waals surface area contributed by atoms with E-state index >= 15 is 0 Å². The van der Waals surface area contributed by atoms with Gasteiger partial charge in [-0.05, 0) is 73.6 Å². The number of pyridine rings is 1. The molecule has 6 nitrogen and oxygen atoms in total. The van der Waals surface area contributed by atoms with Crippen LogP contribution in [0.25, 0.3) is 5.69 Å². The number of rotatable bonds is 7. The van der Waals surface area contributed by atoms with Crippen molar-refractivity contribution in [1.29, 1.82) is 0 Å². The normalized spacial score (nSPS) is 18.0. The molecular formula is C24H25ClN4O2S. The van der Waals surface area contributed by atoms with E-state index in [4.69, 9.17) is 28.6 Å². The number of carbonyl (C=O) groups excluding carboxylic acids is 1. The number of thiocarbonyl (C=S) groups is 1. The number of carbonyl (C=O) groups is 1. The molecule has 2 atom stereocenters. The highest BCUT2D eigenvalue weighted by atomic mass is 35.5. The highest BCUT2D eigenvalue weighted by Gasteiger charge is 2.41. The van der Waals surface area contributed by atoms with Crippen molar-refractivity contribution in [2.45, 2.75) is 31.8 Å². The summed E-state index contributed by atoms with van der Waals surface area (Å²) in [4.78, 5) is 18.4. The number of ether oxygens (including phenoxy) is 1. The first-order valence-electron chi connectivity index (χ1n) is 10.5. The molecule has 0 radical (unpaired) electrons. The van der Waals surface area contributed by atoms with Gasteiger partial charge >= 0.3 is 5.97 Å². The van der Waals surface area contributed by atoms with Crippen molar-refractivity contribution in [3.8, 4) is 5.69 Å². The van der Waals surface area contributed by atoms with Gasteiger partial charge in [0.25, 0.3) is 0 Å². The van der Waals surface area contributed by atoms with E-state index in [0.717, 1.165) is 27.7 Å². The fourth-order valence-electron chi connectivity index (χ4n) is 4.11. The van der Waals surface area contributed by atoms with Gasteiger partial charge in [0, 0.05) is 41.8 Å². The van der Waals surface area contributed by atoms with Gasteiger partial charge in [-0.2, -0.15) is 0 Å². The summed E-state index contributed by atoms with van der Waals surface area (Å²) in [5.41, 5.74) is 4.03. The zero-order chi connectivity index (χ0) is 22.7. The largest absolute Gasteiger partial charge is 0.469 e. The van der Waals surface area contributed by atoms with Crippen molar-refractivity contribution < 1.29 is 9.53 Å². The molecule has 0 bridgehead atoms. The summed E-state index contributed by atoms with van der Waals surface area (Å²) >= 11 is 12.0. The van der Waals surface area contributed by atoms with Crippen LogP contribution in [0, 0.1) is 6.92 Å². The minimum absolute atomic E-state index is 0.0963. The van der Waals surface area contributed by atoms with Crippen LogP contribution in [0.3, 0.4) is 0 Å². The van der Waals surface area contributed by atoms with Gasteiger partial charge in [-0.3, -0.25) is 9.78 Å². The molecule has 3 heterocycles. The third kappa shape index (κ3) is 4.49. The minimum atomic E-state index is -0.221. The summed E-state index contributed by atoms with van der Waals surface area (Å²) in [6.45, 7) is 2.62. The van der Waals surface area contributed by atoms with Crippen LogP contribution in [0.15, 0.2) is 60.9 Å². The van der Waals surface area contributed by atoms with Crippen LogP contribution in [-0.4, -0.2) is 39.2 Å². The summed E-state index contributed by atoms with van der Waals surface area (Å²) in [5, 5.41) is 4.84. The molecule has 3 aromatic rings. The van der Waals surface area contributed by atoms with Gasteiger partial charge in [-0.1, -0.05) is 17.7 Å². The number of aromatic nitrogens is 2. The number of hydrogen-bond donors (Lipinski definition) is 1. The standard InChI is InChI=1S/C24H25ClN4O2S/c1-16-15-17(10-11-18(16)25)28-13-5-8-20(28)23-22(19-7-3-4-12-26-19)27-24(32)29(23)14-6-9-21(30)31-2/h3-5,7-8,10-13,15,22-23H,6,9,14H2,1-2H3,(H,27,32)/t22-,23+/m1/s1. The van der Waals surface area contributed by atoms with Gasteiger partial charge < -0.3 is 19.5 Å². The van der Waals surface area contributed by atoms with Crippen LogP contribution in [0.2, 0.25) is 5.02 Å². The molecule has 0 unspecified atom stereocenters. The van der Waals surface area contributed by atoms with Crippen molar-refractivity contribution >= 4 is 34.9 Å². The molecule has 1 aromatic carbocycles. The Morgan fingerprint density at radius 2 is 2.09 bits per heavy atom. The lowest BCUT2D eigenvalue weighted by Crippen LogP contribution is -2.31. The summed E-state index contributed by atoms with van der Waals surface area (Å²) in [6, 6.07) is 15.8. The first-order valence-corrected chi connectivity index (χ1v) is 11.3. The molecule has 0 aliphatic carbocycles. The van der Waals surface area contributed by atoms with E-state index in [-0.39, 0.29) is 18.1 Å². The van der Waals surface area contributed by atoms with E-state index in [1.807, 2.05) is 49.5 Å². The van der Waals surface area contributed by atoms with E-state index in [1.54, 1.807) is 6.20 Å². The monoisotopic (exact) mass is 468 g/mol. The molecule has 1 aliphatic heterocycles.